The minimum Gasteiger partial charge on any atom is -0.336 e. The van der Waals surface area contributed by atoms with E-state index in [1.165, 1.54) is 16.7 Å². The number of amides is 1. The lowest BCUT2D eigenvalue weighted by Gasteiger charge is -2.33. The summed E-state index contributed by atoms with van der Waals surface area (Å²) in [6.07, 6.45) is 5.08. The number of carbonyl (C=O) groups is 1. The van der Waals surface area contributed by atoms with Crippen LogP contribution in [0.1, 0.15) is 42.0 Å². The highest BCUT2D eigenvalue weighted by Crippen LogP contribution is 2.56. The predicted octanol–water partition coefficient (Wildman–Crippen LogP) is 4.32. The van der Waals surface area contributed by atoms with Crippen molar-refractivity contribution in [2.45, 2.75) is 44.3 Å². The maximum atomic E-state index is 13.8. The zero-order chi connectivity index (χ0) is 21.0. The molecule has 1 N–H and O–H groups in total. The van der Waals surface area contributed by atoms with Crippen molar-refractivity contribution in [3.05, 3.63) is 77.5 Å². The molecule has 3 aromatic rings. The number of hydrogen-bond acceptors (Lipinski definition) is 3. The standard InChI is InChI=1S/C26H28N4O/c1-18-8-5-6-11-20(18)16-29-17-21-14-23(30-13-7-12-26(21,30)25(29)31)22-15-27-28-24(22)19-9-3-2-4-10-19/h2-6,8-11,15,21,23H,7,12-14,16-17H2,1H3,(H,27,28)/t21-,23-,26-/m0/s1. The van der Waals surface area contributed by atoms with Gasteiger partial charge in [-0.25, -0.2) is 0 Å². The minimum atomic E-state index is -0.321. The molecule has 3 saturated heterocycles. The van der Waals surface area contributed by atoms with Crippen molar-refractivity contribution in [1.82, 2.24) is 20.0 Å². The number of H-pyrrole nitrogens is 1. The number of rotatable bonds is 4. The Kier molecular flexibility index (Phi) is 4.29. The van der Waals surface area contributed by atoms with Crippen molar-refractivity contribution in [3.63, 3.8) is 0 Å². The van der Waals surface area contributed by atoms with E-state index < -0.39 is 0 Å². The van der Waals surface area contributed by atoms with Gasteiger partial charge in [0.1, 0.15) is 5.54 Å². The first kappa shape index (κ1) is 18.8. The Bertz CT molecular complexity index is 1120. The lowest BCUT2D eigenvalue weighted by atomic mass is 9.85. The molecule has 0 aliphatic carbocycles. The van der Waals surface area contributed by atoms with Crippen molar-refractivity contribution in [1.29, 1.82) is 0 Å². The van der Waals surface area contributed by atoms with Crippen LogP contribution in [0, 0.1) is 12.8 Å². The second-order valence-electron chi connectivity index (χ2n) is 9.35. The first-order valence-electron chi connectivity index (χ1n) is 11.4. The van der Waals surface area contributed by atoms with Crippen molar-refractivity contribution in [3.8, 4) is 11.3 Å². The van der Waals surface area contributed by atoms with E-state index in [1.54, 1.807) is 0 Å². The highest BCUT2D eigenvalue weighted by molar-refractivity contribution is 5.90. The molecule has 1 amide bonds. The van der Waals surface area contributed by atoms with Gasteiger partial charge < -0.3 is 4.90 Å². The fourth-order valence-corrected chi connectivity index (χ4v) is 6.39. The Morgan fingerprint density at radius 3 is 2.77 bits per heavy atom. The molecule has 4 heterocycles. The zero-order valence-corrected chi connectivity index (χ0v) is 17.9. The van der Waals surface area contributed by atoms with Crippen molar-refractivity contribution < 1.29 is 4.79 Å². The molecule has 6 rings (SSSR count). The number of carbonyl (C=O) groups excluding carboxylic acids is 1. The van der Waals surface area contributed by atoms with Crippen LogP contribution in [0.2, 0.25) is 0 Å². The molecule has 5 nitrogen and oxygen atoms in total. The van der Waals surface area contributed by atoms with Gasteiger partial charge in [0.15, 0.2) is 0 Å². The number of nitrogens with zero attached hydrogens (tertiary/aromatic N) is 3. The Hall–Kier alpha value is -2.92. The predicted molar refractivity (Wildman–Crippen MR) is 120 cm³/mol. The third kappa shape index (κ3) is 2.72. The maximum absolute atomic E-state index is 13.8. The minimum absolute atomic E-state index is 0.256. The summed E-state index contributed by atoms with van der Waals surface area (Å²) >= 11 is 0. The number of benzene rings is 2. The summed E-state index contributed by atoms with van der Waals surface area (Å²) in [4.78, 5) is 18.5. The van der Waals surface area contributed by atoms with Gasteiger partial charge in [0.25, 0.3) is 0 Å². The normalized spacial score (nSPS) is 27.6. The van der Waals surface area contributed by atoms with Gasteiger partial charge in [-0.05, 0) is 49.4 Å². The number of nitrogens with one attached hydrogen (secondary N) is 1. The van der Waals surface area contributed by atoms with E-state index >= 15 is 0 Å². The van der Waals surface area contributed by atoms with Crippen LogP contribution in [0.15, 0.2) is 60.8 Å². The quantitative estimate of drug-likeness (QED) is 0.694. The van der Waals surface area contributed by atoms with Gasteiger partial charge in [-0.1, -0.05) is 54.6 Å². The summed E-state index contributed by atoms with van der Waals surface area (Å²) in [7, 11) is 0. The van der Waals surface area contributed by atoms with E-state index in [0.717, 1.165) is 50.2 Å². The van der Waals surface area contributed by atoms with Gasteiger partial charge in [-0.3, -0.25) is 14.8 Å². The molecule has 1 aromatic heterocycles. The SMILES string of the molecule is Cc1ccccc1CN1C[C@@H]2C[C@@H](c3cn[nH]c3-c3ccccc3)N3CCC[C@@]23C1=O. The molecule has 0 radical (unpaired) electrons. The average Bonchev–Trinajstić information content (AvgIpc) is 3.54. The number of aromatic amines is 1. The van der Waals surface area contributed by atoms with Gasteiger partial charge in [0, 0.05) is 30.6 Å². The Morgan fingerprint density at radius 2 is 1.94 bits per heavy atom. The van der Waals surface area contributed by atoms with Crippen molar-refractivity contribution in [2.24, 2.45) is 5.92 Å². The van der Waals surface area contributed by atoms with Crippen LogP contribution in [0.3, 0.4) is 0 Å². The van der Waals surface area contributed by atoms with E-state index in [4.69, 9.17) is 0 Å². The zero-order valence-electron chi connectivity index (χ0n) is 17.9. The molecule has 3 atom stereocenters. The van der Waals surface area contributed by atoms with Crippen molar-refractivity contribution >= 4 is 5.91 Å². The third-order valence-corrected chi connectivity index (χ3v) is 7.84. The first-order valence-corrected chi connectivity index (χ1v) is 11.4. The van der Waals surface area contributed by atoms with Gasteiger partial charge in [-0.2, -0.15) is 5.10 Å². The summed E-state index contributed by atoms with van der Waals surface area (Å²) < 4.78 is 0. The molecule has 3 aliphatic heterocycles. The van der Waals surface area contributed by atoms with Crippen LogP contribution in [-0.4, -0.2) is 44.5 Å². The topological polar surface area (TPSA) is 52.2 Å². The van der Waals surface area contributed by atoms with Crippen LogP contribution >= 0.6 is 0 Å². The molecule has 2 aromatic carbocycles. The molecule has 158 valence electrons. The highest BCUT2D eigenvalue weighted by Gasteiger charge is 2.65. The largest absolute Gasteiger partial charge is 0.336 e. The molecule has 31 heavy (non-hydrogen) atoms. The molecular formula is C26H28N4O. The van der Waals surface area contributed by atoms with Gasteiger partial charge in [0.05, 0.1) is 11.9 Å². The maximum Gasteiger partial charge on any atom is 0.243 e. The van der Waals surface area contributed by atoms with Gasteiger partial charge in [0.2, 0.25) is 5.91 Å². The summed E-state index contributed by atoms with van der Waals surface area (Å²) in [6.45, 7) is 4.71. The Labute approximate surface area is 183 Å². The van der Waals surface area contributed by atoms with E-state index in [1.807, 2.05) is 12.3 Å². The molecule has 0 saturated carbocycles. The Balaban J connectivity index is 1.31. The molecule has 3 aliphatic rings. The highest BCUT2D eigenvalue weighted by atomic mass is 16.2. The summed E-state index contributed by atoms with van der Waals surface area (Å²) in [5.74, 6) is 0.723. The second kappa shape index (κ2) is 7.06. The lowest BCUT2D eigenvalue weighted by molar-refractivity contribution is -0.137. The fourth-order valence-electron chi connectivity index (χ4n) is 6.39. The summed E-state index contributed by atoms with van der Waals surface area (Å²) in [5.41, 5.74) is 5.69. The molecule has 1 spiro atoms. The van der Waals surface area contributed by atoms with Crippen LogP contribution in [0.5, 0.6) is 0 Å². The number of aromatic nitrogens is 2. The van der Waals surface area contributed by atoms with Crippen molar-refractivity contribution in [2.75, 3.05) is 13.1 Å². The molecular weight excluding hydrogens is 384 g/mol. The molecule has 3 fully saturated rings. The van der Waals surface area contributed by atoms with E-state index in [-0.39, 0.29) is 11.6 Å². The fraction of sp³-hybridized carbons (Fsp3) is 0.385. The van der Waals surface area contributed by atoms with Crippen LogP contribution in [0.25, 0.3) is 11.3 Å². The van der Waals surface area contributed by atoms with E-state index in [2.05, 4.69) is 75.5 Å². The van der Waals surface area contributed by atoms with E-state index in [9.17, 15) is 4.79 Å². The van der Waals surface area contributed by atoms with E-state index in [0.29, 0.717) is 11.8 Å². The first-order chi connectivity index (χ1) is 15.2. The van der Waals surface area contributed by atoms with Crippen LogP contribution in [-0.2, 0) is 11.3 Å². The summed E-state index contributed by atoms with van der Waals surface area (Å²) in [6, 6.07) is 19.1. The monoisotopic (exact) mass is 412 g/mol. The molecule has 5 heteroatoms. The number of hydrogen-bond donors (Lipinski definition) is 1. The molecule has 0 bridgehead atoms. The summed E-state index contributed by atoms with van der Waals surface area (Å²) in [5, 5.41) is 7.63. The second-order valence-corrected chi connectivity index (χ2v) is 9.35. The van der Waals surface area contributed by atoms with Crippen LogP contribution in [0.4, 0.5) is 0 Å². The molecule has 0 unspecified atom stereocenters. The third-order valence-electron chi connectivity index (χ3n) is 7.84. The number of aryl methyl sites for hydroxylation is 1. The van der Waals surface area contributed by atoms with Gasteiger partial charge >= 0.3 is 0 Å². The smallest absolute Gasteiger partial charge is 0.243 e. The lowest BCUT2D eigenvalue weighted by Crippen LogP contribution is -2.49. The van der Waals surface area contributed by atoms with Gasteiger partial charge in [-0.15, -0.1) is 0 Å². The van der Waals surface area contributed by atoms with Crippen LogP contribution < -0.4 is 0 Å². The number of likely N-dealkylation sites (tertiary alicyclic amines) is 1. The Morgan fingerprint density at radius 1 is 1.13 bits per heavy atom. The average molecular weight is 413 g/mol.